The van der Waals surface area contributed by atoms with E-state index >= 15 is 0 Å². The van der Waals surface area contributed by atoms with Gasteiger partial charge in [-0.1, -0.05) is 47.4 Å². The van der Waals surface area contributed by atoms with Crippen LogP contribution < -0.4 is 4.87 Å². The fourth-order valence-corrected chi connectivity index (χ4v) is 3.22. The number of aromatic amines is 1. The Morgan fingerprint density at radius 3 is 2.55 bits per heavy atom. The third kappa shape index (κ3) is 4.54. The Morgan fingerprint density at radius 2 is 2.00 bits per heavy atom. The third-order valence-corrected chi connectivity index (χ3v) is 4.68. The number of carbonyl (C=O) groups excluding carboxylic acids is 1. The smallest absolute Gasteiger partial charge is 0.304 e. The van der Waals surface area contributed by atoms with E-state index in [4.69, 9.17) is 0 Å². The second-order valence-corrected chi connectivity index (χ2v) is 6.94. The Hall–Kier alpha value is -1.41. The summed E-state index contributed by atoms with van der Waals surface area (Å²) in [6.45, 7) is 1.47. The predicted octanol–water partition coefficient (Wildman–Crippen LogP) is 2.17. The molecule has 22 heavy (non-hydrogen) atoms. The minimum absolute atomic E-state index is 0.00389. The van der Waals surface area contributed by atoms with E-state index < -0.39 is 12.2 Å². The van der Waals surface area contributed by atoms with Crippen LogP contribution >= 0.6 is 23.1 Å². The largest absolute Gasteiger partial charge is 0.390 e. The van der Waals surface area contributed by atoms with Crippen LogP contribution in [-0.4, -0.2) is 32.2 Å². The molecule has 0 bridgehead atoms. The van der Waals surface area contributed by atoms with E-state index in [0.717, 1.165) is 34.4 Å². The van der Waals surface area contributed by atoms with Gasteiger partial charge in [-0.15, -0.1) is 0 Å². The minimum atomic E-state index is -0.997. The lowest BCUT2D eigenvalue weighted by molar-refractivity contribution is -0.109. The standard InChI is InChI=1S/C15H17NO4S2/c1-9(17)21-7-6-13(18)14(19)11-4-2-10(3-5-11)12-8-22-15(20)16-12/h2-5,8,13-14,18-19H,6-7H2,1H3,(H,16,20). The number of benzene rings is 1. The second kappa shape index (κ2) is 7.73. The maximum Gasteiger partial charge on any atom is 0.304 e. The summed E-state index contributed by atoms with van der Waals surface area (Å²) in [5, 5.41) is 21.8. The normalized spacial score (nSPS) is 13.8. The van der Waals surface area contributed by atoms with Crippen molar-refractivity contribution in [2.24, 2.45) is 0 Å². The molecule has 0 aliphatic heterocycles. The zero-order valence-corrected chi connectivity index (χ0v) is 13.6. The van der Waals surface area contributed by atoms with Gasteiger partial charge in [0.15, 0.2) is 5.12 Å². The quantitative estimate of drug-likeness (QED) is 0.750. The monoisotopic (exact) mass is 339 g/mol. The molecule has 0 saturated carbocycles. The minimum Gasteiger partial charge on any atom is -0.390 e. The first-order valence-corrected chi connectivity index (χ1v) is 8.61. The van der Waals surface area contributed by atoms with Gasteiger partial charge in [-0.3, -0.25) is 9.59 Å². The number of aliphatic hydroxyl groups is 2. The number of aromatic nitrogens is 1. The average Bonchev–Trinajstić information content (AvgIpc) is 2.93. The molecule has 1 heterocycles. The third-order valence-electron chi connectivity index (χ3n) is 3.17. The van der Waals surface area contributed by atoms with E-state index in [1.165, 1.54) is 6.92 Å². The Morgan fingerprint density at radius 1 is 1.32 bits per heavy atom. The van der Waals surface area contributed by atoms with Crippen molar-refractivity contribution in [3.8, 4) is 11.3 Å². The van der Waals surface area contributed by atoms with E-state index in [1.54, 1.807) is 29.6 Å². The van der Waals surface area contributed by atoms with Crippen molar-refractivity contribution in [2.75, 3.05) is 5.75 Å². The van der Waals surface area contributed by atoms with Crippen molar-refractivity contribution >= 4 is 28.2 Å². The summed E-state index contributed by atoms with van der Waals surface area (Å²) in [7, 11) is 0. The number of hydrogen-bond donors (Lipinski definition) is 3. The number of H-pyrrole nitrogens is 1. The molecule has 5 nitrogen and oxygen atoms in total. The molecule has 2 unspecified atom stereocenters. The molecular weight excluding hydrogens is 322 g/mol. The summed E-state index contributed by atoms with van der Waals surface area (Å²) >= 11 is 2.23. The lowest BCUT2D eigenvalue weighted by Crippen LogP contribution is -2.19. The second-order valence-electron chi connectivity index (χ2n) is 4.82. The molecule has 3 N–H and O–H groups in total. The number of carbonyl (C=O) groups is 1. The van der Waals surface area contributed by atoms with Crippen LogP contribution in [0.25, 0.3) is 11.3 Å². The van der Waals surface area contributed by atoms with Gasteiger partial charge in [-0.05, 0) is 17.5 Å². The molecule has 1 aromatic heterocycles. The van der Waals surface area contributed by atoms with Crippen LogP contribution in [0.3, 0.4) is 0 Å². The molecule has 0 amide bonds. The van der Waals surface area contributed by atoms with Gasteiger partial charge >= 0.3 is 4.87 Å². The van der Waals surface area contributed by atoms with Crippen molar-refractivity contribution in [3.05, 3.63) is 44.9 Å². The lowest BCUT2D eigenvalue weighted by atomic mass is 10.0. The number of aliphatic hydroxyl groups excluding tert-OH is 2. The number of thioether (sulfide) groups is 1. The van der Waals surface area contributed by atoms with Crippen LogP contribution in [0, 0.1) is 0 Å². The Balaban J connectivity index is 2.00. The van der Waals surface area contributed by atoms with Crippen LogP contribution in [0.5, 0.6) is 0 Å². The molecule has 0 saturated heterocycles. The molecule has 1 aromatic carbocycles. The summed E-state index contributed by atoms with van der Waals surface area (Å²) in [5.74, 6) is 0.474. The van der Waals surface area contributed by atoms with E-state index in [9.17, 15) is 19.8 Å². The zero-order valence-electron chi connectivity index (χ0n) is 12.0. The molecular formula is C15H17NO4S2. The summed E-state index contributed by atoms with van der Waals surface area (Å²) < 4.78 is 0. The molecule has 118 valence electrons. The molecule has 0 spiro atoms. The van der Waals surface area contributed by atoms with Crippen molar-refractivity contribution in [1.29, 1.82) is 0 Å². The molecule has 2 atom stereocenters. The lowest BCUT2D eigenvalue weighted by Gasteiger charge is -2.18. The van der Waals surface area contributed by atoms with Crippen molar-refractivity contribution in [1.82, 2.24) is 4.98 Å². The molecule has 0 fully saturated rings. The van der Waals surface area contributed by atoms with Gasteiger partial charge in [0.05, 0.1) is 11.8 Å². The van der Waals surface area contributed by atoms with Crippen LogP contribution in [0.4, 0.5) is 0 Å². The highest BCUT2D eigenvalue weighted by Crippen LogP contribution is 2.24. The highest BCUT2D eigenvalue weighted by Gasteiger charge is 2.18. The summed E-state index contributed by atoms with van der Waals surface area (Å²) in [6, 6.07) is 7.01. The average molecular weight is 339 g/mol. The summed E-state index contributed by atoms with van der Waals surface area (Å²) in [6.07, 6.45) is -1.58. The SMILES string of the molecule is CC(=O)SCCC(O)C(O)c1ccc(-c2csc(=O)[nH]2)cc1. The van der Waals surface area contributed by atoms with Gasteiger partial charge in [0.1, 0.15) is 6.10 Å². The van der Waals surface area contributed by atoms with Gasteiger partial charge in [0.2, 0.25) is 0 Å². The highest BCUT2D eigenvalue weighted by atomic mass is 32.2. The summed E-state index contributed by atoms with van der Waals surface area (Å²) in [4.78, 5) is 24.6. The van der Waals surface area contributed by atoms with E-state index in [0.29, 0.717) is 17.7 Å². The van der Waals surface area contributed by atoms with Crippen molar-refractivity contribution in [2.45, 2.75) is 25.6 Å². The molecule has 7 heteroatoms. The van der Waals surface area contributed by atoms with Gasteiger partial charge in [-0.25, -0.2) is 0 Å². The predicted molar refractivity (Wildman–Crippen MR) is 89.1 cm³/mol. The maximum absolute atomic E-state index is 11.1. The van der Waals surface area contributed by atoms with Gasteiger partial charge in [0.25, 0.3) is 0 Å². The van der Waals surface area contributed by atoms with Crippen LogP contribution in [0.15, 0.2) is 34.4 Å². The van der Waals surface area contributed by atoms with Crippen molar-refractivity contribution < 1.29 is 15.0 Å². The maximum atomic E-state index is 11.1. The molecule has 0 aliphatic carbocycles. The van der Waals surface area contributed by atoms with Gasteiger partial charge in [-0.2, -0.15) is 0 Å². The first-order chi connectivity index (χ1) is 10.5. The van der Waals surface area contributed by atoms with Crippen LogP contribution in [-0.2, 0) is 4.79 Å². The van der Waals surface area contributed by atoms with Gasteiger partial charge < -0.3 is 15.2 Å². The fourth-order valence-electron chi connectivity index (χ4n) is 1.98. The van der Waals surface area contributed by atoms with E-state index in [-0.39, 0.29) is 9.99 Å². The number of hydrogen-bond acceptors (Lipinski definition) is 6. The Kier molecular flexibility index (Phi) is 5.96. The molecule has 2 aromatic rings. The van der Waals surface area contributed by atoms with Crippen molar-refractivity contribution in [3.63, 3.8) is 0 Å². The van der Waals surface area contributed by atoms with Gasteiger partial charge in [0, 0.05) is 18.1 Å². The molecule has 2 rings (SSSR count). The Bertz CT molecular complexity index is 677. The molecule has 0 radical (unpaired) electrons. The van der Waals surface area contributed by atoms with Crippen LogP contribution in [0.2, 0.25) is 0 Å². The topological polar surface area (TPSA) is 90.4 Å². The van der Waals surface area contributed by atoms with E-state index in [1.807, 2.05) is 0 Å². The number of nitrogens with one attached hydrogen (secondary N) is 1. The fraction of sp³-hybridized carbons (Fsp3) is 0.333. The first kappa shape index (κ1) is 17.0. The first-order valence-electron chi connectivity index (χ1n) is 6.75. The Labute approximate surface area is 136 Å². The van der Waals surface area contributed by atoms with E-state index in [2.05, 4.69) is 4.98 Å². The molecule has 0 aliphatic rings. The summed E-state index contributed by atoms with van der Waals surface area (Å²) in [5.41, 5.74) is 2.17. The van der Waals surface area contributed by atoms with Crippen LogP contribution in [0.1, 0.15) is 25.0 Å². The zero-order chi connectivity index (χ0) is 16.1. The number of rotatable bonds is 6. The number of thiazole rings is 1. The highest BCUT2D eigenvalue weighted by molar-refractivity contribution is 8.13.